The molecule has 4 rings (SSSR count). The number of nitrogens with zero attached hydrogens (tertiary/aromatic N) is 3. The summed E-state index contributed by atoms with van der Waals surface area (Å²) in [4.78, 5) is 6.45. The fourth-order valence-corrected chi connectivity index (χ4v) is 4.32. The fraction of sp³-hybridized carbons (Fsp3) is 0.464. The summed E-state index contributed by atoms with van der Waals surface area (Å²) < 4.78 is 25.3. The normalized spacial score (nSPS) is 18.6. The van der Waals surface area contributed by atoms with Gasteiger partial charge in [0.25, 0.3) is 0 Å². The third kappa shape index (κ3) is 7.22. The molecule has 0 aliphatic carbocycles. The van der Waals surface area contributed by atoms with Crippen molar-refractivity contribution >= 4 is 0 Å². The molecule has 0 radical (unpaired) electrons. The average Bonchev–Trinajstić information content (AvgIpc) is 3.19. The van der Waals surface area contributed by atoms with Crippen LogP contribution in [0.2, 0.25) is 0 Å². The Morgan fingerprint density at radius 2 is 1.92 bits per heavy atom. The molecule has 2 heterocycles. The van der Waals surface area contributed by atoms with Crippen LogP contribution in [0.3, 0.4) is 0 Å². The molecule has 0 spiro atoms. The Balaban J connectivity index is 1.34. The Kier molecular flexibility index (Phi) is 8.85. The summed E-state index contributed by atoms with van der Waals surface area (Å²) in [6.45, 7) is 8.25. The number of β-amino-alcohol motifs (C(OH)–C–C–N with tert-alkyl or cyclic N) is 1. The van der Waals surface area contributed by atoms with Crippen LogP contribution in [-0.2, 0) is 17.8 Å². The van der Waals surface area contributed by atoms with Crippen molar-refractivity contribution in [3.8, 4) is 17.2 Å². The van der Waals surface area contributed by atoms with Crippen LogP contribution in [0.4, 0.5) is 0 Å². The van der Waals surface area contributed by atoms with Gasteiger partial charge in [-0.2, -0.15) is 0 Å². The minimum absolute atomic E-state index is 0.167. The maximum atomic E-state index is 11.3. The quantitative estimate of drug-likeness (QED) is 0.407. The number of rotatable bonds is 11. The molecule has 3 aromatic rings. The van der Waals surface area contributed by atoms with Crippen molar-refractivity contribution in [1.29, 1.82) is 0 Å². The van der Waals surface area contributed by atoms with Crippen molar-refractivity contribution in [2.24, 2.45) is 0 Å². The van der Waals surface area contributed by atoms with Crippen molar-refractivity contribution in [3.05, 3.63) is 71.8 Å². The first-order chi connectivity index (χ1) is 17.4. The van der Waals surface area contributed by atoms with Gasteiger partial charge in [-0.05, 0) is 50.1 Å². The van der Waals surface area contributed by atoms with Crippen molar-refractivity contribution < 1.29 is 24.1 Å². The summed E-state index contributed by atoms with van der Waals surface area (Å²) in [7, 11) is 1.65. The summed E-state index contributed by atoms with van der Waals surface area (Å²) in [5, 5.41) is 11.3. The summed E-state index contributed by atoms with van der Waals surface area (Å²) in [6.07, 6.45) is 4.66. The van der Waals surface area contributed by atoms with Crippen LogP contribution < -0.4 is 14.2 Å². The van der Waals surface area contributed by atoms with E-state index in [1.165, 1.54) is 5.56 Å². The molecule has 1 saturated heterocycles. The molecule has 1 aliphatic heterocycles. The lowest BCUT2D eigenvalue weighted by Gasteiger charge is -2.30. The molecule has 0 saturated carbocycles. The number of imidazole rings is 1. The first-order valence-corrected chi connectivity index (χ1v) is 12.4. The molecule has 1 N–H and O–H groups in total. The summed E-state index contributed by atoms with van der Waals surface area (Å²) in [5.41, 5.74) is 1.15. The van der Waals surface area contributed by atoms with E-state index in [0.717, 1.165) is 42.4 Å². The lowest BCUT2D eigenvalue weighted by atomic mass is 10.1. The molecule has 2 aromatic carbocycles. The number of aliphatic hydroxyl groups is 1. The van der Waals surface area contributed by atoms with Crippen molar-refractivity contribution in [3.63, 3.8) is 0 Å². The number of hydrogen-bond donors (Lipinski definition) is 1. The maximum Gasteiger partial charge on any atom is 0.161 e. The molecule has 0 amide bonds. The van der Waals surface area contributed by atoms with Crippen LogP contribution in [0.15, 0.2) is 54.9 Å². The number of hydrogen-bond acceptors (Lipinski definition) is 7. The Hall–Kier alpha value is -3.07. The van der Waals surface area contributed by atoms with Gasteiger partial charge in [0.1, 0.15) is 23.8 Å². The van der Waals surface area contributed by atoms with Crippen molar-refractivity contribution in [1.82, 2.24) is 14.5 Å². The molecule has 8 heteroatoms. The molecular weight excluding hydrogens is 458 g/mol. The topological polar surface area (TPSA) is 78.2 Å². The average molecular weight is 496 g/mol. The number of methoxy groups -OCH3 is 1. The summed E-state index contributed by atoms with van der Waals surface area (Å²) in [6, 6.07) is 13.8. The van der Waals surface area contributed by atoms with E-state index >= 15 is 0 Å². The summed E-state index contributed by atoms with van der Waals surface area (Å²) >= 11 is 0. The molecule has 1 aromatic heterocycles. The first-order valence-electron chi connectivity index (χ1n) is 12.4. The van der Waals surface area contributed by atoms with Crippen LogP contribution in [0.25, 0.3) is 0 Å². The largest absolute Gasteiger partial charge is 0.493 e. The lowest BCUT2D eigenvalue weighted by molar-refractivity contribution is -0.0646. The minimum atomic E-state index is -1.10. The second-order valence-electron chi connectivity index (χ2n) is 9.44. The number of aromatic nitrogens is 2. The molecule has 1 aliphatic rings. The molecule has 36 heavy (non-hydrogen) atoms. The van der Waals surface area contributed by atoms with Gasteiger partial charge in [-0.3, -0.25) is 4.90 Å². The standard InChI is InChI=1S/C28H37N3O5/c1-22-5-8-25(9-6-22)36-21-28(32)19-30(14-16-34-20-28)18-24-7-10-26(33-3)27(17-24)35-15-4-12-31-13-11-29-23(31)2/h5-11,13,17,32H,4,12,14-16,18-21H2,1-3H3/t28-/m1/s1. The van der Waals surface area contributed by atoms with Crippen LogP contribution >= 0.6 is 0 Å². The highest BCUT2D eigenvalue weighted by Gasteiger charge is 2.33. The Morgan fingerprint density at radius 3 is 2.67 bits per heavy atom. The Morgan fingerprint density at radius 1 is 1.08 bits per heavy atom. The third-order valence-electron chi connectivity index (χ3n) is 6.33. The number of ether oxygens (including phenoxy) is 4. The maximum absolute atomic E-state index is 11.3. The van der Waals surface area contributed by atoms with Gasteiger partial charge in [-0.25, -0.2) is 4.98 Å². The zero-order valence-electron chi connectivity index (χ0n) is 21.5. The van der Waals surface area contributed by atoms with E-state index in [-0.39, 0.29) is 13.2 Å². The van der Waals surface area contributed by atoms with Gasteiger partial charge < -0.3 is 28.6 Å². The SMILES string of the molecule is COc1ccc(CN2CCOC[C@@](O)(COc3ccc(C)cc3)C2)cc1OCCCn1ccnc1C. The fourth-order valence-electron chi connectivity index (χ4n) is 4.32. The Labute approximate surface area is 213 Å². The van der Waals surface area contributed by atoms with E-state index in [9.17, 15) is 5.11 Å². The van der Waals surface area contributed by atoms with E-state index < -0.39 is 5.60 Å². The molecule has 1 atom stereocenters. The van der Waals surface area contributed by atoms with Crippen LogP contribution in [0.5, 0.6) is 17.2 Å². The highest BCUT2D eigenvalue weighted by molar-refractivity contribution is 5.43. The van der Waals surface area contributed by atoms with Crippen LogP contribution in [0.1, 0.15) is 23.4 Å². The predicted octanol–water partition coefficient (Wildman–Crippen LogP) is 3.62. The van der Waals surface area contributed by atoms with Crippen LogP contribution in [0, 0.1) is 13.8 Å². The van der Waals surface area contributed by atoms with Crippen LogP contribution in [-0.4, -0.2) is 71.8 Å². The molecule has 0 bridgehead atoms. The van der Waals surface area contributed by atoms with E-state index in [4.69, 9.17) is 18.9 Å². The summed E-state index contributed by atoms with van der Waals surface area (Å²) in [5.74, 6) is 3.17. The van der Waals surface area contributed by atoms with Gasteiger partial charge in [-0.15, -0.1) is 0 Å². The second-order valence-corrected chi connectivity index (χ2v) is 9.44. The van der Waals surface area contributed by atoms with Gasteiger partial charge in [0.15, 0.2) is 11.5 Å². The number of aryl methyl sites for hydroxylation is 3. The smallest absolute Gasteiger partial charge is 0.161 e. The van der Waals surface area contributed by atoms with E-state index in [0.29, 0.717) is 32.1 Å². The lowest BCUT2D eigenvalue weighted by Crippen LogP contribution is -2.48. The Bertz CT molecular complexity index is 1100. The zero-order valence-corrected chi connectivity index (χ0v) is 21.5. The van der Waals surface area contributed by atoms with Gasteiger partial charge in [0, 0.05) is 38.6 Å². The molecule has 1 fully saturated rings. The second kappa shape index (κ2) is 12.3. The first kappa shape index (κ1) is 26.0. The van der Waals surface area contributed by atoms with Gasteiger partial charge in [0.05, 0.1) is 26.9 Å². The zero-order chi connectivity index (χ0) is 25.4. The van der Waals surface area contributed by atoms with Gasteiger partial charge in [0.2, 0.25) is 0 Å². The molecule has 194 valence electrons. The van der Waals surface area contributed by atoms with Gasteiger partial charge in [-0.1, -0.05) is 23.8 Å². The van der Waals surface area contributed by atoms with Crippen molar-refractivity contribution in [2.75, 3.05) is 46.6 Å². The number of benzene rings is 2. The minimum Gasteiger partial charge on any atom is -0.493 e. The monoisotopic (exact) mass is 495 g/mol. The van der Waals surface area contributed by atoms with E-state index in [2.05, 4.69) is 14.5 Å². The third-order valence-corrected chi connectivity index (χ3v) is 6.33. The molecule has 0 unspecified atom stereocenters. The molecular formula is C28H37N3O5. The predicted molar refractivity (Wildman–Crippen MR) is 138 cm³/mol. The highest BCUT2D eigenvalue weighted by atomic mass is 16.5. The van der Waals surface area contributed by atoms with Gasteiger partial charge >= 0.3 is 0 Å². The highest BCUT2D eigenvalue weighted by Crippen LogP contribution is 2.29. The van der Waals surface area contributed by atoms with E-state index in [1.807, 2.05) is 68.7 Å². The van der Waals surface area contributed by atoms with Crippen molar-refractivity contribution in [2.45, 2.75) is 39.0 Å². The molecule has 8 nitrogen and oxygen atoms in total. The van der Waals surface area contributed by atoms with E-state index in [1.54, 1.807) is 7.11 Å².